The Morgan fingerprint density at radius 1 is 1.17 bits per heavy atom. The Morgan fingerprint density at radius 3 is 2.13 bits per heavy atom. The van der Waals surface area contributed by atoms with E-state index in [-0.39, 0.29) is 5.70 Å². The van der Waals surface area contributed by atoms with Gasteiger partial charge in [-0.25, -0.2) is 0 Å². The van der Waals surface area contributed by atoms with Crippen molar-refractivity contribution in [3.05, 3.63) is 45.7 Å². The topological polar surface area (TPSA) is 52.4 Å². The molecule has 3 atom stereocenters. The van der Waals surface area contributed by atoms with Gasteiger partial charge in [-0.05, 0) is 77.2 Å². The maximum absolute atomic E-state index is 10.4. The third kappa shape index (κ3) is 11.7. The monoisotopic (exact) mass is 421 g/mol. The van der Waals surface area contributed by atoms with Crippen LogP contribution < -0.4 is 0 Å². The Hall–Kier alpha value is -1.42. The Morgan fingerprint density at radius 2 is 1.73 bits per heavy atom. The number of ether oxygens (including phenoxy) is 1. The molecule has 4 heteroatoms. The maximum atomic E-state index is 10.4. The minimum absolute atomic E-state index is 0.0746. The fourth-order valence-corrected chi connectivity index (χ4v) is 4.35. The predicted molar refractivity (Wildman–Crippen MR) is 129 cm³/mol. The molecule has 0 aromatic rings. The van der Waals surface area contributed by atoms with Crippen LogP contribution in [0.4, 0.5) is 0 Å². The summed E-state index contributed by atoms with van der Waals surface area (Å²) in [5.74, 6) is 2.73. The van der Waals surface area contributed by atoms with Gasteiger partial charge in [-0.15, -0.1) is 0 Å². The van der Waals surface area contributed by atoms with E-state index in [1.54, 1.807) is 6.92 Å². The standard InChI is InChI=1S/C17H34O.C9H13NO2/c1-6-7-16(9-8-13(2)3)12-17-10-14(4)18-15(5)11-17;1-5-7(3)8(4)9(6-2)10(11)12/h13-17H,6-12H2,1-5H3;5-6H,2H2,1,3-4H3/b;7-5-,9-8+. The quantitative estimate of drug-likeness (QED) is 0.203. The average molecular weight is 422 g/mol. The van der Waals surface area contributed by atoms with Crippen LogP contribution >= 0.6 is 0 Å². The van der Waals surface area contributed by atoms with Crippen molar-refractivity contribution >= 4 is 0 Å². The second kappa shape index (κ2) is 15.4. The van der Waals surface area contributed by atoms with E-state index in [0.29, 0.717) is 17.8 Å². The van der Waals surface area contributed by atoms with Crippen molar-refractivity contribution in [1.29, 1.82) is 0 Å². The van der Waals surface area contributed by atoms with Gasteiger partial charge >= 0.3 is 0 Å². The molecule has 174 valence electrons. The fourth-order valence-electron chi connectivity index (χ4n) is 4.35. The van der Waals surface area contributed by atoms with Gasteiger partial charge in [0.15, 0.2) is 0 Å². The molecular formula is C26H47NO3. The molecule has 1 saturated heterocycles. The van der Waals surface area contributed by atoms with E-state index < -0.39 is 4.92 Å². The molecule has 0 bridgehead atoms. The van der Waals surface area contributed by atoms with Crippen molar-refractivity contribution in [3.63, 3.8) is 0 Å². The van der Waals surface area contributed by atoms with Gasteiger partial charge in [0, 0.05) is 11.6 Å². The number of nitro groups is 1. The van der Waals surface area contributed by atoms with Gasteiger partial charge in [0.25, 0.3) is 5.70 Å². The Bertz CT molecular complexity index is 567. The Balaban J connectivity index is 0.000000612. The molecule has 1 rings (SSSR count). The normalized spacial score (nSPS) is 23.9. The lowest BCUT2D eigenvalue weighted by atomic mass is 9.81. The molecule has 0 aromatic heterocycles. The predicted octanol–water partition coefficient (Wildman–Crippen LogP) is 8.12. The van der Waals surface area contributed by atoms with Gasteiger partial charge in [0.1, 0.15) is 0 Å². The zero-order valence-electron chi connectivity index (χ0n) is 20.9. The molecule has 1 fully saturated rings. The van der Waals surface area contributed by atoms with E-state index in [0.717, 1.165) is 23.3 Å². The van der Waals surface area contributed by atoms with Crippen molar-refractivity contribution in [3.8, 4) is 0 Å². The molecule has 1 heterocycles. The number of rotatable bonds is 10. The molecule has 1 aliphatic rings. The molecule has 0 spiro atoms. The summed E-state index contributed by atoms with van der Waals surface area (Å²) in [4.78, 5) is 10.0. The number of hydrogen-bond acceptors (Lipinski definition) is 3. The molecule has 0 N–H and O–H groups in total. The second-order valence-corrected chi connectivity index (χ2v) is 9.40. The van der Waals surface area contributed by atoms with Crippen LogP contribution in [0, 0.1) is 27.9 Å². The van der Waals surface area contributed by atoms with Crippen LogP contribution in [0.2, 0.25) is 0 Å². The highest BCUT2D eigenvalue weighted by molar-refractivity contribution is 5.32. The zero-order chi connectivity index (χ0) is 23.3. The van der Waals surface area contributed by atoms with E-state index in [4.69, 9.17) is 4.74 Å². The molecule has 0 aliphatic carbocycles. The number of nitrogens with zero attached hydrogens (tertiary/aromatic N) is 1. The Labute approximate surface area is 186 Å². The van der Waals surface area contributed by atoms with Crippen LogP contribution in [0.5, 0.6) is 0 Å². The summed E-state index contributed by atoms with van der Waals surface area (Å²) in [5.41, 5.74) is 1.64. The van der Waals surface area contributed by atoms with Crippen molar-refractivity contribution in [2.45, 2.75) is 113 Å². The van der Waals surface area contributed by atoms with Crippen LogP contribution in [-0.2, 0) is 4.74 Å². The summed E-state index contributed by atoms with van der Waals surface area (Å²) in [6, 6.07) is 0. The van der Waals surface area contributed by atoms with Crippen LogP contribution in [0.1, 0.15) is 100 Å². The Kier molecular flexibility index (Phi) is 14.7. The lowest BCUT2D eigenvalue weighted by Gasteiger charge is -2.34. The highest BCUT2D eigenvalue weighted by atomic mass is 16.6. The molecule has 0 aromatic carbocycles. The first-order chi connectivity index (χ1) is 14.0. The van der Waals surface area contributed by atoms with E-state index in [1.165, 1.54) is 51.0 Å². The maximum Gasteiger partial charge on any atom is 0.271 e. The molecular weight excluding hydrogens is 374 g/mol. The summed E-state index contributed by atoms with van der Waals surface area (Å²) in [6.45, 7) is 20.3. The lowest BCUT2D eigenvalue weighted by Crippen LogP contribution is -2.30. The smallest absolute Gasteiger partial charge is 0.271 e. The summed E-state index contributed by atoms with van der Waals surface area (Å²) in [6.07, 6.45) is 13.7. The SMILES string of the molecule is C=C/C(=C(C)\C(C)=C/C)[N+](=O)[O-].CCCC(CCC(C)C)CC1CC(C)OC(C)C1. The second-order valence-electron chi connectivity index (χ2n) is 9.40. The summed E-state index contributed by atoms with van der Waals surface area (Å²) >= 11 is 0. The van der Waals surface area contributed by atoms with Crippen LogP contribution in [-0.4, -0.2) is 17.1 Å². The van der Waals surface area contributed by atoms with Crippen LogP contribution in [0.15, 0.2) is 35.6 Å². The first-order valence-electron chi connectivity index (χ1n) is 11.8. The number of allylic oxidation sites excluding steroid dienone is 4. The summed E-state index contributed by atoms with van der Waals surface area (Å²) in [5, 5.41) is 10.4. The first-order valence-corrected chi connectivity index (χ1v) is 11.8. The first kappa shape index (κ1) is 28.6. The van der Waals surface area contributed by atoms with E-state index in [1.807, 2.05) is 19.9 Å². The molecule has 30 heavy (non-hydrogen) atoms. The molecule has 1 aliphatic heterocycles. The van der Waals surface area contributed by atoms with Crippen LogP contribution in [0.25, 0.3) is 0 Å². The van der Waals surface area contributed by atoms with Crippen molar-refractivity contribution < 1.29 is 9.66 Å². The highest BCUT2D eigenvalue weighted by Gasteiger charge is 2.26. The van der Waals surface area contributed by atoms with Gasteiger partial charge < -0.3 is 4.74 Å². The van der Waals surface area contributed by atoms with Gasteiger partial charge in [-0.1, -0.05) is 59.1 Å². The third-order valence-corrected chi connectivity index (χ3v) is 6.11. The lowest BCUT2D eigenvalue weighted by molar-refractivity contribution is -0.419. The van der Waals surface area contributed by atoms with E-state index in [9.17, 15) is 10.1 Å². The summed E-state index contributed by atoms with van der Waals surface area (Å²) in [7, 11) is 0. The summed E-state index contributed by atoms with van der Waals surface area (Å²) < 4.78 is 5.86. The van der Waals surface area contributed by atoms with Crippen molar-refractivity contribution in [1.82, 2.24) is 0 Å². The fraction of sp³-hybridized carbons (Fsp3) is 0.769. The average Bonchev–Trinajstić information content (AvgIpc) is 2.65. The van der Waals surface area contributed by atoms with Crippen molar-refractivity contribution in [2.75, 3.05) is 0 Å². The van der Waals surface area contributed by atoms with Gasteiger partial charge in [-0.2, -0.15) is 0 Å². The largest absolute Gasteiger partial charge is 0.376 e. The number of hydrogen-bond donors (Lipinski definition) is 0. The van der Waals surface area contributed by atoms with E-state index in [2.05, 4.69) is 41.2 Å². The third-order valence-electron chi connectivity index (χ3n) is 6.11. The molecule has 0 amide bonds. The molecule has 0 saturated carbocycles. The highest BCUT2D eigenvalue weighted by Crippen LogP contribution is 2.33. The van der Waals surface area contributed by atoms with Gasteiger partial charge in [0.2, 0.25) is 0 Å². The zero-order valence-corrected chi connectivity index (χ0v) is 20.9. The molecule has 0 radical (unpaired) electrons. The van der Waals surface area contributed by atoms with E-state index >= 15 is 0 Å². The van der Waals surface area contributed by atoms with Gasteiger partial charge in [-0.3, -0.25) is 10.1 Å². The molecule has 3 unspecified atom stereocenters. The minimum atomic E-state index is -0.421. The minimum Gasteiger partial charge on any atom is -0.376 e. The molecule has 4 nitrogen and oxygen atoms in total. The van der Waals surface area contributed by atoms with Crippen LogP contribution in [0.3, 0.4) is 0 Å². The van der Waals surface area contributed by atoms with Crippen molar-refractivity contribution in [2.24, 2.45) is 17.8 Å². The van der Waals surface area contributed by atoms with Gasteiger partial charge in [0.05, 0.1) is 17.1 Å².